The predicted octanol–water partition coefficient (Wildman–Crippen LogP) is 9.08. The molecule has 0 rings (SSSR count). The fourth-order valence-corrected chi connectivity index (χ4v) is 3.07. The van der Waals surface area contributed by atoms with Gasteiger partial charge in [-0.2, -0.15) is 43.9 Å². The highest BCUT2D eigenvalue weighted by Crippen LogP contribution is 2.68. The van der Waals surface area contributed by atoms with Gasteiger partial charge in [-0.15, -0.1) is 0 Å². The summed E-state index contributed by atoms with van der Waals surface area (Å²) >= 11 is 27.2. The Morgan fingerprint density at radius 3 is 0.656 bits per heavy atom. The molecule has 0 spiro atoms. The summed E-state index contributed by atoms with van der Waals surface area (Å²) in [5.41, 5.74) is 0. The zero-order valence-corrected chi connectivity index (χ0v) is 18.6. The first-order valence-electron chi connectivity index (χ1n) is 6.41. The van der Waals surface area contributed by atoms with E-state index >= 15 is 0 Å². The van der Waals surface area contributed by atoms with E-state index in [1.807, 2.05) is 0 Å². The van der Waals surface area contributed by atoms with E-state index in [0.717, 1.165) is 0 Å². The van der Waals surface area contributed by atoms with Gasteiger partial charge in [0, 0.05) is 0 Å². The highest BCUT2D eigenvalue weighted by atomic mass is 35.5. The second-order valence-electron chi connectivity index (χ2n) is 5.59. The van der Waals surface area contributed by atoms with Crippen molar-refractivity contribution in [2.24, 2.45) is 0 Å². The van der Waals surface area contributed by atoms with Crippen LogP contribution in [0.25, 0.3) is 0 Å². The van der Waals surface area contributed by atoms with Gasteiger partial charge in [0.15, 0.2) is 0 Å². The first-order valence-corrected chi connectivity index (χ1v) is 9.05. The fourth-order valence-electron chi connectivity index (χ4n) is 1.54. The van der Waals surface area contributed by atoms with Crippen LogP contribution in [0.4, 0.5) is 65.9 Å². The topological polar surface area (TPSA) is 0 Å². The number of halogens is 22. The molecule has 0 bridgehead atoms. The van der Waals surface area contributed by atoms with Gasteiger partial charge in [-0.05, 0) is 11.6 Å². The predicted molar refractivity (Wildman–Crippen MR) is 84.9 cm³/mol. The minimum Gasteiger partial charge on any atom is -0.212 e. The highest BCUT2D eigenvalue weighted by Gasteiger charge is 2.94. The lowest BCUT2D eigenvalue weighted by atomic mass is 9.91. The molecule has 0 fully saturated rings. The largest absolute Gasteiger partial charge is 0.375 e. The van der Waals surface area contributed by atoms with Crippen molar-refractivity contribution in [3.8, 4) is 0 Å². The average molecular weight is 653 g/mol. The summed E-state index contributed by atoms with van der Waals surface area (Å²) in [6, 6.07) is 0. The molecule has 32 heavy (non-hydrogen) atoms. The molecule has 4 atom stereocenters. The minimum absolute atomic E-state index is 3.74. The molecule has 194 valence electrons. The maximum absolute atomic E-state index is 14.1. The molecule has 4 unspecified atom stereocenters. The van der Waals surface area contributed by atoms with Gasteiger partial charge in [-0.25, -0.2) is 22.0 Å². The third-order valence-electron chi connectivity index (χ3n) is 3.47. The molecule has 0 aromatic rings. The standard InChI is InChI=1S/C10Cl7F15/c11-1(18,6(24,25)3(13,20)8(28,29)9(15,16)30)5(22,23)2(12,19)7(26,27)4(14,21)10(17,31)32. The van der Waals surface area contributed by atoms with E-state index in [4.69, 9.17) is 0 Å². The van der Waals surface area contributed by atoms with E-state index in [2.05, 4.69) is 81.2 Å². The van der Waals surface area contributed by atoms with Crippen LogP contribution in [0.15, 0.2) is 0 Å². The molecular formula is C10Cl7F15. The van der Waals surface area contributed by atoms with Crippen molar-refractivity contribution in [1.82, 2.24) is 0 Å². The Kier molecular flexibility index (Phi) is 8.51. The Morgan fingerprint density at radius 1 is 0.281 bits per heavy atom. The second kappa shape index (κ2) is 8.25. The van der Waals surface area contributed by atoms with Crippen molar-refractivity contribution in [3.05, 3.63) is 0 Å². The number of rotatable bonds is 9. The maximum atomic E-state index is 14.1. The fraction of sp³-hybridized carbons (Fsp3) is 1.00. The summed E-state index contributed by atoms with van der Waals surface area (Å²) in [6.07, 6.45) is 0. The number of hydrogen-bond acceptors (Lipinski definition) is 0. The van der Waals surface area contributed by atoms with E-state index < -0.39 is 54.2 Å². The molecule has 0 heterocycles. The van der Waals surface area contributed by atoms with Gasteiger partial charge in [-0.1, -0.05) is 69.6 Å². The van der Waals surface area contributed by atoms with Crippen molar-refractivity contribution < 1.29 is 65.9 Å². The zero-order chi connectivity index (χ0) is 27.0. The van der Waals surface area contributed by atoms with Gasteiger partial charge in [0.1, 0.15) is 0 Å². The summed E-state index contributed by atoms with van der Waals surface area (Å²) in [4.78, 5) is 0. The quantitative estimate of drug-likeness (QED) is 0.172. The maximum Gasteiger partial charge on any atom is 0.375 e. The van der Waals surface area contributed by atoms with Crippen LogP contribution in [0.5, 0.6) is 0 Å². The molecule has 0 aliphatic carbocycles. The van der Waals surface area contributed by atoms with E-state index in [0.29, 0.717) is 0 Å². The van der Waals surface area contributed by atoms with Gasteiger partial charge >= 0.3 is 54.2 Å². The first-order chi connectivity index (χ1) is 13.2. The lowest BCUT2D eigenvalue weighted by molar-refractivity contribution is -0.331. The summed E-state index contributed by atoms with van der Waals surface area (Å²) < 4.78 is 198. The highest BCUT2D eigenvalue weighted by molar-refractivity contribution is 6.48. The Hall–Kier alpha value is 0.980. The molecule has 0 amide bonds. The van der Waals surface area contributed by atoms with Gasteiger partial charge in [0.25, 0.3) is 0 Å². The minimum atomic E-state index is -7.80. The Balaban J connectivity index is 7.00. The lowest BCUT2D eigenvalue weighted by Gasteiger charge is -2.47. The van der Waals surface area contributed by atoms with Crippen molar-refractivity contribution in [1.29, 1.82) is 0 Å². The van der Waals surface area contributed by atoms with Gasteiger partial charge < -0.3 is 0 Å². The van der Waals surface area contributed by atoms with Gasteiger partial charge in [0.2, 0.25) is 0 Å². The van der Waals surface area contributed by atoms with Gasteiger partial charge in [-0.3, -0.25) is 0 Å². The molecule has 0 saturated carbocycles. The van der Waals surface area contributed by atoms with E-state index in [1.54, 1.807) is 0 Å². The van der Waals surface area contributed by atoms with Crippen molar-refractivity contribution >= 4 is 81.2 Å². The Morgan fingerprint density at radius 2 is 0.469 bits per heavy atom. The number of alkyl halides is 22. The molecule has 0 aliphatic rings. The van der Waals surface area contributed by atoms with Crippen LogP contribution >= 0.6 is 81.2 Å². The molecular weight excluding hydrogens is 653 g/mol. The summed E-state index contributed by atoms with van der Waals surface area (Å²) in [7, 11) is 0. The molecule has 0 saturated heterocycles. The zero-order valence-electron chi connectivity index (χ0n) is 13.3. The molecule has 0 N–H and O–H groups in total. The van der Waals surface area contributed by atoms with Crippen LogP contribution < -0.4 is 0 Å². The van der Waals surface area contributed by atoms with Crippen LogP contribution in [0, 0.1) is 0 Å². The van der Waals surface area contributed by atoms with Gasteiger partial charge in [0.05, 0.1) is 0 Å². The van der Waals surface area contributed by atoms with E-state index in [-0.39, 0.29) is 0 Å². The first kappa shape index (κ1) is 33.0. The molecule has 0 aliphatic heterocycles. The smallest absolute Gasteiger partial charge is 0.212 e. The second-order valence-corrected chi connectivity index (χ2v) is 9.38. The Bertz CT molecular complexity index is 646. The third-order valence-corrected chi connectivity index (χ3v) is 6.20. The van der Waals surface area contributed by atoms with Crippen LogP contribution in [0.3, 0.4) is 0 Å². The van der Waals surface area contributed by atoms with Crippen LogP contribution in [-0.2, 0) is 0 Å². The van der Waals surface area contributed by atoms with Crippen LogP contribution in [-0.4, -0.2) is 54.2 Å². The molecule has 0 nitrogen and oxygen atoms in total. The molecule has 0 radical (unpaired) electrons. The van der Waals surface area contributed by atoms with E-state index in [9.17, 15) is 65.9 Å². The normalized spacial score (nSPS) is 23.1. The number of hydrogen-bond donors (Lipinski definition) is 0. The molecule has 0 aromatic carbocycles. The monoisotopic (exact) mass is 650 g/mol. The van der Waals surface area contributed by atoms with Crippen LogP contribution in [0.1, 0.15) is 0 Å². The lowest BCUT2D eigenvalue weighted by Crippen LogP contribution is -2.75. The SMILES string of the molecule is FC(F)(Cl)C(F)(Cl)C(F)(F)C(F)(Cl)C(F)(F)C(F)(Cl)C(F)(F)C(F)(Cl)C(F)(F)C(F)(Cl)Cl. The Labute approximate surface area is 201 Å². The summed E-state index contributed by atoms with van der Waals surface area (Å²) in [5, 5.41) is -34.5. The van der Waals surface area contributed by atoms with Crippen molar-refractivity contribution in [2.75, 3.05) is 0 Å². The molecule has 22 heteroatoms. The summed E-state index contributed by atoms with van der Waals surface area (Å²) in [5.74, 6) is -29.8. The van der Waals surface area contributed by atoms with Crippen molar-refractivity contribution in [2.45, 2.75) is 54.2 Å². The third kappa shape index (κ3) is 4.14. The molecule has 0 aromatic heterocycles. The average Bonchev–Trinajstić information content (AvgIpc) is 2.51. The van der Waals surface area contributed by atoms with Crippen molar-refractivity contribution in [3.63, 3.8) is 0 Å². The van der Waals surface area contributed by atoms with E-state index in [1.165, 1.54) is 0 Å². The van der Waals surface area contributed by atoms with Crippen LogP contribution in [0.2, 0.25) is 0 Å². The summed E-state index contributed by atoms with van der Waals surface area (Å²) in [6.45, 7) is 0.